The maximum Gasteiger partial charge on any atom is 0.338 e. The Bertz CT molecular complexity index is 624. The van der Waals surface area contributed by atoms with Crippen LogP contribution in [0, 0.1) is 0 Å². The van der Waals surface area contributed by atoms with E-state index in [0.29, 0.717) is 16.0 Å². The van der Waals surface area contributed by atoms with Crippen molar-refractivity contribution in [2.75, 3.05) is 35.8 Å². The van der Waals surface area contributed by atoms with Gasteiger partial charge in [-0.1, -0.05) is 95.6 Å². The maximum absolute atomic E-state index is 12.4. The van der Waals surface area contributed by atoms with Crippen molar-refractivity contribution in [2.45, 2.75) is 14.5 Å². The minimum atomic E-state index is -0.665. The van der Waals surface area contributed by atoms with Gasteiger partial charge < -0.3 is 14.2 Å². The number of carbonyl (C=O) groups is 3. The van der Waals surface area contributed by atoms with Crippen LogP contribution in [0.3, 0.4) is 0 Å². The molecule has 1 rings (SSSR count). The molecule has 3 atom stereocenters. The lowest BCUT2D eigenvalue weighted by Gasteiger charge is -2.13. The molecular formula is C18H18Br6O6. The largest absolute Gasteiger partial charge is 0.461 e. The lowest BCUT2D eigenvalue weighted by Crippen LogP contribution is -2.19. The van der Waals surface area contributed by atoms with E-state index in [2.05, 4.69) is 95.6 Å². The number of halogens is 6. The number of alkyl halides is 6. The Morgan fingerprint density at radius 2 is 0.833 bits per heavy atom. The van der Waals surface area contributed by atoms with Gasteiger partial charge in [0.2, 0.25) is 0 Å². The molecule has 0 saturated heterocycles. The Labute approximate surface area is 225 Å². The van der Waals surface area contributed by atoms with E-state index in [1.54, 1.807) is 0 Å². The second-order valence-electron chi connectivity index (χ2n) is 5.85. The Hall–Kier alpha value is 0.510. The van der Waals surface area contributed by atoms with Crippen molar-refractivity contribution < 1.29 is 28.6 Å². The summed E-state index contributed by atoms with van der Waals surface area (Å²) in [5.41, 5.74) is 0.160. The zero-order valence-corrected chi connectivity index (χ0v) is 24.9. The monoisotopic (exact) mass is 804 g/mol. The first-order chi connectivity index (χ1) is 14.2. The summed E-state index contributed by atoms with van der Waals surface area (Å²) in [6.07, 6.45) is 0. The second-order valence-corrected chi connectivity index (χ2v) is 11.7. The minimum Gasteiger partial charge on any atom is -0.461 e. The molecule has 6 nitrogen and oxygen atoms in total. The van der Waals surface area contributed by atoms with Crippen LogP contribution in [-0.4, -0.2) is 68.2 Å². The van der Waals surface area contributed by atoms with Gasteiger partial charge in [0, 0.05) is 16.0 Å². The molecule has 0 heterocycles. The third kappa shape index (κ3) is 10.4. The summed E-state index contributed by atoms with van der Waals surface area (Å²) in [6.45, 7) is 0.350. The molecule has 0 aliphatic rings. The van der Waals surface area contributed by atoms with E-state index in [1.807, 2.05) is 0 Å². The summed E-state index contributed by atoms with van der Waals surface area (Å²) >= 11 is 19.9. The molecular weight excluding hydrogens is 792 g/mol. The molecule has 30 heavy (non-hydrogen) atoms. The summed E-state index contributed by atoms with van der Waals surface area (Å²) in [4.78, 5) is 37.1. The average Bonchev–Trinajstić information content (AvgIpc) is 2.77. The SMILES string of the molecule is O=C(OCC(Br)CBr)c1cc(C(=O)OCC(Br)CBr)cc(C(=O)OCC(Br)CBr)c1. The number of hydrogen-bond donors (Lipinski definition) is 0. The van der Waals surface area contributed by atoms with Gasteiger partial charge in [-0.2, -0.15) is 0 Å². The van der Waals surface area contributed by atoms with Gasteiger partial charge in [0.1, 0.15) is 19.8 Å². The van der Waals surface area contributed by atoms with Crippen LogP contribution in [0.25, 0.3) is 0 Å². The second kappa shape index (κ2) is 15.4. The van der Waals surface area contributed by atoms with Crippen LogP contribution in [0.15, 0.2) is 18.2 Å². The van der Waals surface area contributed by atoms with Crippen LogP contribution >= 0.6 is 95.6 Å². The zero-order chi connectivity index (χ0) is 22.7. The first-order valence-electron chi connectivity index (χ1n) is 8.48. The highest BCUT2D eigenvalue weighted by Gasteiger charge is 2.20. The molecule has 0 radical (unpaired) electrons. The standard InChI is InChI=1S/C18H18Br6O6/c19-4-13(22)7-28-16(25)10-1-11(17(26)29-8-14(23)5-20)3-12(2-10)18(27)30-9-15(24)6-21/h1-3,13-15H,4-9H2. The fourth-order valence-electron chi connectivity index (χ4n) is 1.86. The van der Waals surface area contributed by atoms with Gasteiger partial charge >= 0.3 is 17.9 Å². The molecule has 3 unspecified atom stereocenters. The van der Waals surface area contributed by atoms with Crippen LogP contribution in [0.4, 0.5) is 0 Å². The van der Waals surface area contributed by atoms with Crippen LogP contribution < -0.4 is 0 Å². The van der Waals surface area contributed by atoms with Crippen molar-refractivity contribution >= 4 is 113 Å². The minimum absolute atomic E-state index is 0.0532. The van der Waals surface area contributed by atoms with Gasteiger partial charge in [-0.3, -0.25) is 0 Å². The highest BCUT2D eigenvalue weighted by atomic mass is 79.9. The van der Waals surface area contributed by atoms with E-state index in [-0.39, 0.29) is 51.0 Å². The van der Waals surface area contributed by atoms with E-state index in [4.69, 9.17) is 14.2 Å². The highest BCUT2D eigenvalue weighted by molar-refractivity contribution is 9.12. The van der Waals surface area contributed by atoms with Gasteiger partial charge in [0.15, 0.2) is 0 Å². The molecule has 0 amide bonds. The normalized spacial score (nSPS) is 13.8. The molecule has 0 aromatic heterocycles. The van der Waals surface area contributed by atoms with Crippen molar-refractivity contribution in [1.82, 2.24) is 0 Å². The van der Waals surface area contributed by atoms with Crippen molar-refractivity contribution in [2.24, 2.45) is 0 Å². The third-order valence-corrected chi connectivity index (χ3v) is 10.0. The molecule has 0 aliphatic carbocycles. The van der Waals surface area contributed by atoms with Gasteiger partial charge in [0.05, 0.1) is 31.2 Å². The number of ether oxygens (including phenoxy) is 3. The molecule has 0 fully saturated rings. The molecule has 12 heteroatoms. The maximum atomic E-state index is 12.4. The zero-order valence-electron chi connectivity index (χ0n) is 15.4. The van der Waals surface area contributed by atoms with Gasteiger partial charge in [-0.25, -0.2) is 14.4 Å². The lowest BCUT2D eigenvalue weighted by atomic mass is 10.1. The Balaban J connectivity index is 3.09. The highest BCUT2D eigenvalue weighted by Crippen LogP contribution is 2.17. The van der Waals surface area contributed by atoms with Crippen molar-refractivity contribution in [3.05, 3.63) is 34.9 Å². The third-order valence-electron chi connectivity index (χ3n) is 3.33. The lowest BCUT2D eigenvalue weighted by molar-refractivity contribution is 0.0510. The molecule has 0 saturated carbocycles. The van der Waals surface area contributed by atoms with Crippen LogP contribution in [0.5, 0.6) is 0 Å². The van der Waals surface area contributed by atoms with Gasteiger partial charge in [-0.15, -0.1) is 0 Å². The van der Waals surface area contributed by atoms with Crippen LogP contribution in [0.1, 0.15) is 31.1 Å². The molecule has 1 aromatic rings. The van der Waals surface area contributed by atoms with Gasteiger partial charge in [-0.05, 0) is 18.2 Å². The molecule has 0 aliphatic heterocycles. The van der Waals surface area contributed by atoms with E-state index in [1.165, 1.54) is 18.2 Å². The predicted octanol–water partition coefficient (Wildman–Crippen LogP) is 5.63. The molecule has 0 N–H and O–H groups in total. The number of hydrogen-bond acceptors (Lipinski definition) is 6. The summed E-state index contributed by atoms with van der Waals surface area (Å²) in [5.74, 6) is -2.00. The number of rotatable bonds is 12. The molecule has 168 valence electrons. The molecule has 0 bridgehead atoms. The first kappa shape index (κ1) is 28.5. The topological polar surface area (TPSA) is 78.9 Å². The van der Waals surface area contributed by atoms with E-state index < -0.39 is 17.9 Å². The average molecular weight is 810 g/mol. The van der Waals surface area contributed by atoms with Crippen molar-refractivity contribution in [1.29, 1.82) is 0 Å². The molecule has 0 spiro atoms. The Morgan fingerprint density at radius 1 is 0.600 bits per heavy atom. The quantitative estimate of drug-likeness (QED) is 0.155. The fourth-order valence-corrected chi connectivity index (χ4v) is 2.82. The van der Waals surface area contributed by atoms with E-state index in [9.17, 15) is 14.4 Å². The Kier molecular flexibility index (Phi) is 14.6. The number of carbonyl (C=O) groups excluding carboxylic acids is 3. The smallest absolute Gasteiger partial charge is 0.338 e. The fraction of sp³-hybridized carbons (Fsp3) is 0.500. The summed E-state index contributed by atoms with van der Waals surface area (Å²) in [7, 11) is 0. The summed E-state index contributed by atoms with van der Waals surface area (Å²) < 4.78 is 15.7. The molecule has 1 aromatic carbocycles. The predicted molar refractivity (Wildman–Crippen MR) is 137 cm³/mol. The summed E-state index contributed by atoms with van der Waals surface area (Å²) in [5, 5.41) is 1.77. The van der Waals surface area contributed by atoms with E-state index >= 15 is 0 Å². The van der Waals surface area contributed by atoms with E-state index in [0.717, 1.165) is 0 Å². The van der Waals surface area contributed by atoms with Crippen molar-refractivity contribution in [3.63, 3.8) is 0 Å². The Morgan fingerprint density at radius 3 is 1.03 bits per heavy atom. The van der Waals surface area contributed by atoms with Crippen molar-refractivity contribution in [3.8, 4) is 0 Å². The van der Waals surface area contributed by atoms with Crippen LogP contribution in [-0.2, 0) is 14.2 Å². The number of benzene rings is 1. The first-order valence-corrected chi connectivity index (χ1v) is 14.6. The summed E-state index contributed by atoms with van der Waals surface area (Å²) in [6, 6.07) is 4.01. The van der Waals surface area contributed by atoms with Gasteiger partial charge in [0.25, 0.3) is 0 Å². The van der Waals surface area contributed by atoms with Crippen LogP contribution in [0.2, 0.25) is 0 Å². The number of esters is 3.